The molecule has 2 nitrogen and oxygen atoms in total. The van der Waals surface area contributed by atoms with Gasteiger partial charge in [0.15, 0.2) is 0 Å². The van der Waals surface area contributed by atoms with Crippen LogP contribution < -0.4 is 0 Å². The van der Waals surface area contributed by atoms with Crippen LogP contribution in [0.5, 0.6) is 0 Å². The van der Waals surface area contributed by atoms with Crippen molar-refractivity contribution < 1.29 is 9.14 Å². The zero-order valence-electron chi connectivity index (χ0n) is 36.0. The maximum absolute atomic E-state index is 7.41. The van der Waals surface area contributed by atoms with Crippen LogP contribution >= 0.6 is 0 Å². The van der Waals surface area contributed by atoms with Gasteiger partial charge < -0.3 is 9.14 Å². The van der Waals surface area contributed by atoms with Crippen LogP contribution in [0.3, 0.4) is 0 Å². The third kappa shape index (κ3) is 12.6. The first-order valence-corrected chi connectivity index (χ1v) is 26.1. The van der Waals surface area contributed by atoms with Crippen LogP contribution in [0.2, 0.25) is 46.5 Å². The molecule has 6 heteroatoms. The Bertz CT molecular complexity index is 739. The summed E-state index contributed by atoms with van der Waals surface area (Å²) in [6.07, 6.45) is 58.7. The van der Waals surface area contributed by atoms with Crippen molar-refractivity contribution in [2.24, 2.45) is 0 Å². The van der Waals surface area contributed by atoms with Gasteiger partial charge in [0.1, 0.15) is 0 Å². The SMILES string of the molecule is C1CCC(B(OB(C2CCCCC2)C2CCCCC2)C2CCCCC2)CC1.C1CCC(B(OB(C2CCCCC2)C2CCCCC2)C2CCCCC2)CC1. The van der Waals surface area contributed by atoms with Gasteiger partial charge in [0.2, 0.25) is 0 Å². The second-order valence-electron chi connectivity index (χ2n) is 21.3. The summed E-state index contributed by atoms with van der Waals surface area (Å²) >= 11 is 0. The van der Waals surface area contributed by atoms with E-state index in [0.29, 0.717) is 27.7 Å². The first-order chi connectivity index (χ1) is 26.8. The Kier molecular flexibility index (Phi) is 18.6. The molecule has 0 saturated heterocycles. The average molecular weight is 740 g/mol. The molecule has 8 saturated carbocycles. The molecule has 0 aromatic carbocycles. The molecular formula is C48H88B4O2. The minimum absolute atomic E-state index is 0.611. The van der Waals surface area contributed by atoms with E-state index in [1.807, 2.05) is 0 Å². The van der Waals surface area contributed by atoms with Crippen LogP contribution in [0.1, 0.15) is 257 Å². The summed E-state index contributed by atoms with van der Waals surface area (Å²) in [5, 5.41) is 0. The van der Waals surface area contributed by atoms with E-state index in [-0.39, 0.29) is 0 Å². The quantitative estimate of drug-likeness (QED) is 0.186. The fourth-order valence-corrected chi connectivity index (χ4v) is 14.5. The zero-order chi connectivity index (χ0) is 36.6. The van der Waals surface area contributed by atoms with Crippen LogP contribution in [-0.4, -0.2) is 27.7 Å². The summed E-state index contributed by atoms with van der Waals surface area (Å²) in [6, 6.07) is 0. The summed E-state index contributed by atoms with van der Waals surface area (Å²) in [5.74, 6) is 7.09. The van der Waals surface area contributed by atoms with Crippen molar-refractivity contribution in [3.8, 4) is 0 Å². The third-order valence-corrected chi connectivity index (χ3v) is 17.5. The van der Waals surface area contributed by atoms with Crippen LogP contribution in [-0.2, 0) is 9.14 Å². The largest absolute Gasteiger partial charge is 0.498 e. The highest BCUT2D eigenvalue weighted by atomic mass is 16.4. The summed E-state index contributed by atoms with van der Waals surface area (Å²) in [4.78, 5) is 0. The topological polar surface area (TPSA) is 18.5 Å². The lowest BCUT2D eigenvalue weighted by Gasteiger charge is -2.42. The zero-order valence-corrected chi connectivity index (χ0v) is 36.0. The van der Waals surface area contributed by atoms with Gasteiger partial charge in [0.05, 0.1) is 0 Å². The molecule has 8 rings (SSSR count). The second-order valence-corrected chi connectivity index (χ2v) is 21.3. The Morgan fingerprint density at radius 2 is 0.278 bits per heavy atom. The van der Waals surface area contributed by atoms with Crippen molar-refractivity contribution in [2.45, 2.75) is 303 Å². The Balaban J connectivity index is 0.000000167. The van der Waals surface area contributed by atoms with E-state index in [1.165, 1.54) is 257 Å². The van der Waals surface area contributed by atoms with Crippen LogP contribution in [0.25, 0.3) is 0 Å². The van der Waals surface area contributed by atoms with Gasteiger partial charge in [0, 0.05) is 0 Å². The molecule has 0 aromatic heterocycles. The van der Waals surface area contributed by atoms with Crippen molar-refractivity contribution in [1.82, 2.24) is 0 Å². The second kappa shape index (κ2) is 23.7. The maximum Gasteiger partial charge on any atom is 0.282 e. The maximum atomic E-state index is 7.41. The molecule has 0 radical (unpaired) electrons. The third-order valence-electron chi connectivity index (χ3n) is 17.5. The normalized spacial score (nSPS) is 27.6. The average Bonchev–Trinajstić information content (AvgIpc) is 3.27. The first-order valence-electron chi connectivity index (χ1n) is 26.1. The standard InChI is InChI=1S/2C24H44B2O/c2*1-5-13-21(14-6-1)25(22-15-7-2-8-16-22)27-26(23-17-9-3-10-18-23)24-19-11-4-12-20-24/h2*21-24H,1-20H2. The Labute approximate surface area is 339 Å². The molecule has 8 aliphatic rings. The molecule has 0 amide bonds. The molecule has 0 spiro atoms. The molecule has 0 aliphatic heterocycles. The summed E-state index contributed by atoms with van der Waals surface area (Å²) in [6.45, 7) is 2.44. The van der Waals surface area contributed by atoms with Crippen LogP contribution in [0.4, 0.5) is 0 Å². The lowest BCUT2D eigenvalue weighted by atomic mass is 9.35. The van der Waals surface area contributed by atoms with E-state index in [2.05, 4.69) is 0 Å². The molecule has 0 heterocycles. The van der Waals surface area contributed by atoms with E-state index >= 15 is 0 Å². The molecule has 8 aliphatic carbocycles. The Morgan fingerprint density at radius 3 is 0.389 bits per heavy atom. The predicted octanol–water partition coefficient (Wildman–Crippen LogP) is 16.6. The monoisotopic (exact) mass is 741 g/mol. The van der Waals surface area contributed by atoms with Crippen molar-refractivity contribution in [2.75, 3.05) is 0 Å². The Morgan fingerprint density at radius 1 is 0.167 bits per heavy atom. The van der Waals surface area contributed by atoms with Crippen molar-refractivity contribution >= 4 is 27.7 Å². The molecule has 0 bridgehead atoms. The van der Waals surface area contributed by atoms with Gasteiger partial charge in [-0.1, -0.05) is 257 Å². The predicted molar refractivity (Wildman–Crippen MR) is 240 cm³/mol. The molecule has 304 valence electrons. The van der Waals surface area contributed by atoms with Crippen LogP contribution in [0, 0.1) is 0 Å². The fourth-order valence-electron chi connectivity index (χ4n) is 14.5. The minimum Gasteiger partial charge on any atom is -0.498 e. The summed E-state index contributed by atoms with van der Waals surface area (Å²) < 4.78 is 14.8. The van der Waals surface area contributed by atoms with Gasteiger partial charge in [-0.05, 0) is 46.5 Å². The smallest absolute Gasteiger partial charge is 0.282 e. The molecule has 0 unspecified atom stereocenters. The highest BCUT2D eigenvalue weighted by molar-refractivity contribution is 6.70. The van der Waals surface area contributed by atoms with E-state index in [0.717, 1.165) is 46.5 Å². The number of hydrogen-bond acceptors (Lipinski definition) is 2. The lowest BCUT2D eigenvalue weighted by molar-refractivity contribution is 0.372. The van der Waals surface area contributed by atoms with Crippen molar-refractivity contribution in [3.63, 3.8) is 0 Å². The van der Waals surface area contributed by atoms with Crippen LogP contribution in [0.15, 0.2) is 0 Å². The van der Waals surface area contributed by atoms with E-state index in [4.69, 9.17) is 9.14 Å². The highest BCUT2D eigenvalue weighted by Crippen LogP contribution is 2.49. The Hall–Kier alpha value is 0.180. The summed E-state index contributed by atoms with van der Waals surface area (Å²) in [7, 11) is 0. The van der Waals surface area contributed by atoms with Crippen molar-refractivity contribution in [1.29, 1.82) is 0 Å². The molecule has 54 heavy (non-hydrogen) atoms. The van der Waals surface area contributed by atoms with Gasteiger partial charge >= 0.3 is 0 Å². The first kappa shape index (κ1) is 42.3. The minimum atomic E-state index is 0.611. The van der Waals surface area contributed by atoms with E-state index in [1.54, 1.807) is 0 Å². The summed E-state index contributed by atoms with van der Waals surface area (Å²) in [5.41, 5.74) is 0. The van der Waals surface area contributed by atoms with Gasteiger partial charge in [0.25, 0.3) is 27.7 Å². The van der Waals surface area contributed by atoms with Crippen molar-refractivity contribution in [3.05, 3.63) is 0 Å². The molecular weight excluding hydrogens is 652 g/mol. The highest BCUT2D eigenvalue weighted by Gasteiger charge is 2.45. The van der Waals surface area contributed by atoms with Gasteiger partial charge in [-0.25, -0.2) is 0 Å². The van der Waals surface area contributed by atoms with Gasteiger partial charge in [-0.3, -0.25) is 0 Å². The van der Waals surface area contributed by atoms with Gasteiger partial charge in [-0.2, -0.15) is 0 Å². The fraction of sp³-hybridized carbons (Fsp3) is 1.00. The van der Waals surface area contributed by atoms with Gasteiger partial charge in [-0.15, -0.1) is 0 Å². The number of rotatable bonds is 12. The molecule has 8 fully saturated rings. The lowest BCUT2D eigenvalue weighted by Crippen LogP contribution is -2.43. The molecule has 0 N–H and O–H groups in total. The molecule has 0 aromatic rings. The number of hydrogen-bond donors (Lipinski definition) is 0. The molecule has 0 atom stereocenters. The van der Waals surface area contributed by atoms with E-state index in [9.17, 15) is 0 Å². The van der Waals surface area contributed by atoms with E-state index < -0.39 is 0 Å².